The summed E-state index contributed by atoms with van der Waals surface area (Å²) in [6.07, 6.45) is 5.10. The maximum absolute atomic E-state index is 14.3. The summed E-state index contributed by atoms with van der Waals surface area (Å²) in [6.45, 7) is 9.27. The van der Waals surface area contributed by atoms with Crippen LogP contribution in [0, 0.1) is 5.82 Å². The van der Waals surface area contributed by atoms with Crippen LogP contribution in [0.1, 0.15) is 6.42 Å². The van der Waals surface area contributed by atoms with Gasteiger partial charge in [0, 0.05) is 61.6 Å². The molecule has 0 radical (unpaired) electrons. The lowest BCUT2D eigenvalue weighted by molar-refractivity contribution is -0.111. The standard InChI is InChI=1S/C30H32FN7O2/c1-3-28(39)36-26-18-23-25(19-27(26)40-16-6-11-38-14-12-37(2)13-15-38)33-20-34-30(23)35-22-8-4-7-21(17-22)29-24(31)9-5-10-32-29/h3-5,7-10,17-20H,1,6,11-16H2,2H3,(H,36,39)(H,33,34,35). The number of aromatic nitrogens is 3. The van der Waals surface area contributed by atoms with Gasteiger partial charge in [-0.3, -0.25) is 9.78 Å². The third-order valence-corrected chi connectivity index (χ3v) is 6.81. The molecule has 2 aromatic heterocycles. The van der Waals surface area contributed by atoms with Crippen molar-refractivity contribution in [1.82, 2.24) is 24.8 Å². The molecule has 1 saturated heterocycles. The van der Waals surface area contributed by atoms with Gasteiger partial charge in [0.15, 0.2) is 0 Å². The Hall–Kier alpha value is -4.41. The molecular formula is C30H32FN7O2. The SMILES string of the molecule is C=CC(=O)Nc1cc2c(Nc3cccc(-c4ncccc4F)c3)ncnc2cc1OCCCN1CCN(C)CC1. The predicted octanol–water partition coefficient (Wildman–Crippen LogP) is 4.72. The first kappa shape index (κ1) is 27.2. The van der Waals surface area contributed by atoms with E-state index in [0.29, 0.717) is 46.0 Å². The molecule has 3 heterocycles. The van der Waals surface area contributed by atoms with Gasteiger partial charge < -0.3 is 25.2 Å². The van der Waals surface area contributed by atoms with Crippen molar-refractivity contribution in [2.24, 2.45) is 0 Å². The Kier molecular flexibility index (Phi) is 8.58. The molecular weight excluding hydrogens is 509 g/mol. The molecule has 1 fully saturated rings. The smallest absolute Gasteiger partial charge is 0.247 e. The first-order valence-corrected chi connectivity index (χ1v) is 13.2. The normalized spacial score (nSPS) is 14.2. The van der Waals surface area contributed by atoms with Crippen molar-refractivity contribution < 1.29 is 13.9 Å². The van der Waals surface area contributed by atoms with Gasteiger partial charge in [-0.2, -0.15) is 0 Å². The molecule has 1 aliphatic rings. The third-order valence-electron chi connectivity index (χ3n) is 6.81. The van der Waals surface area contributed by atoms with Gasteiger partial charge in [0.2, 0.25) is 5.91 Å². The quantitative estimate of drug-likeness (QED) is 0.220. The average Bonchev–Trinajstić information content (AvgIpc) is 2.97. The molecule has 206 valence electrons. The average molecular weight is 542 g/mol. The first-order chi connectivity index (χ1) is 19.5. The van der Waals surface area contributed by atoms with Gasteiger partial charge in [-0.15, -0.1) is 0 Å². The Bertz CT molecular complexity index is 1500. The summed E-state index contributed by atoms with van der Waals surface area (Å²) >= 11 is 0. The number of hydrogen-bond acceptors (Lipinski definition) is 8. The number of benzene rings is 2. The second-order valence-electron chi connectivity index (χ2n) is 9.67. The number of nitrogens with zero attached hydrogens (tertiary/aromatic N) is 5. The van der Waals surface area contributed by atoms with Crippen LogP contribution in [0.5, 0.6) is 5.75 Å². The lowest BCUT2D eigenvalue weighted by atomic mass is 10.1. The highest BCUT2D eigenvalue weighted by molar-refractivity contribution is 6.03. The highest BCUT2D eigenvalue weighted by Crippen LogP contribution is 2.34. The van der Waals surface area contributed by atoms with E-state index in [2.05, 4.69) is 49.0 Å². The number of amides is 1. The number of likely N-dealkylation sites (N-methyl/N-ethyl adjacent to an activating group) is 1. The number of rotatable bonds is 10. The molecule has 2 N–H and O–H groups in total. The zero-order valence-electron chi connectivity index (χ0n) is 22.4. The highest BCUT2D eigenvalue weighted by Gasteiger charge is 2.16. The van der Waals surface area contributed by atoms with Crippen LogP contribution < -0.4 is 15.4 Å². The van der Waals surface area contributed by atoms with Crippen molar-refractivity contribution >= 4 is 34.0 Å². The molecule has 0 spiro atoms. The lowest BCUT2D eigenvalue weighted by Gasteiger charge is -2.32. The Balaban J connectivity index is 1.37. The van der Waals surface area contributed by atoms with E-state index < -0.39 is 5.82 Å². The van der Waals surface area contributed by atoms with Crippen molar-refractivity contribution in [2.45, 2.75) is 6.42 Å². The molecule has 0 saturated carbocycles. The fourth-order valence-corrected chi connectivity index (χ4v) is 4.61. The summed E-state index contributed by atoms with van der Waals surface area (Å²) in [5, 5.41) is 6.82. The molecule has 0 bridgehead atoms. The molecule has 4 aromatic rings. The van der Waals surface area contributed by atoms with Crippen LogP contribution in [0.15, 0.2) is 73.7 Å². The van der Waals surface area contributed by atoms with E-state index in [4.69, 9.17) is 4.74 Å². The van der Waals surface area contributed by atoms with Crippen molar-refractivity contribution in [3.63, 3.8) is 0 Å². The summed E-state index contributed by atoms with van der Waals surface area (Å²) < 4.78 is 20.4. The number of ether oxygens (including phenoxy) is 1. The number of carbonyl (C=O) groups is 1. The second kappa shape index (κ2) is 12.6. The summed E-state index contributed by atoms with van der Waals surface area (Å²) in [6, 6.07) is 13.8. The number of nitrogens with one attached hydrogen (secondary N) is 2. The van der Waals surface area contributed by atoms with Gasteiger partial charge in [-0.25, -0.2) is 14.4 Å². The van der Waals surface area contributed by atoms with E-state index >= 15 is 0 Å². The molecule has 40 heavy (non-hydrogen) atoms. The highest BCUT2D eigenvalue weighted by atomic mass is 19.1. The van der Waals surface area contributed by atoms with Crippen LogP contribution in [0.2, 0.25) is 0 Å². The monoisotopic (exact) mass is 541 g/mol. The zero-order valence-corrected chi connectivity index (χ0v) is 22.4. The predicted molar refractivity (Wildman–Crippen MR) is 155 cm³/mol. The van der Waals surface area contributed by atoms with Crippen LogP contribution in [0.3, 0.4) is 0 Å². The number of anilines is 3. The van der Waals surface area contributed by atoms with Crippen LogP contribution >= 0.6 is 0 Å². The van der Waals surface area contributed by atoms with Gasteiger partial charge in [-0.1, -0.05) is 18.7 Å². The van der Waals surface area contributed by atoms with Crippen molar-refractivity contribution in [2.75, 3.05) is 57.0 Å². The van der Waals surface area contributed by atoms with Gasteiger partial charge in [-0.05, 0) is 49.9 Å². The van der Waals surface area contributed by atoms with E-state index in [0.717, 1.165) is 39.1 Å². The van der Waals surface area contributed by atoms with Crippen LogP contribution in [-0.2, 0) is 4.79 Å². The summed E-state index contributed by atoms with van der Waals surface area (Å²) in [5.74, 6) is 0.307. The molecule has 0 aliphatic carbocycles. The molecule has 2 aromatic carbocycles. The van der Waals surface area contributed by atoms with Gasteiger partial charge >= 0.3 is 0 Å². The summed E-state index contributed by atoms with van der Waals surface area (Å²) in [7, 11) is 2.14. The van der Waals surface area contributed by atoms with Gasteiger partial charge in [0.05, 0.1) is 17.8 Å². The maximum Gasteiger partial charge on any atom is 0.247 e. The van der Waals surface area contributed by atoms with Crippen molar-refractivity contribution in [1.29, 1.82) is 0 Å². The Morgan fingerprint density at radius 1 is 1.10 bits per heavy atom. The number of carbonyl (C=O) groups excluding carboxylic acids is 1. The number of fused-ring (bicyclic) bond motifs is 1. The minimum atomic E-state index is -0.397. The fraction of sp³-hybridized carbons (Fsp3) is 0.267. The Morgan fingerprint density at radius 3 is 2.75 bits per heavy atom. The van der Waals surface area contributed by atoms with E-state index in [1.54, 1.807) is 36.5 Å². The van der Waals surface area contributed by atoms with Crippen molar-refractivity contribution in [3.8, 4) is 17.0 Å². The maximum atomic E-state index is 14.3. The number of pyridine rings is 1. The van der Waals surface area contributed by atoms with Crippen LogP contribution in [-0.4, -0.2) is 77.0 Å². The summed E-state index contributed by atoms with van der Waals surface area (Å²) in [4.78, 5) is 30.0. The van der Waals surface area contributed by atoms with Crippen molar-refractivity contribution in [3.05, 3.63) is 79.5 Å². The second-order valence-corrected chi connectivity index (χ2v) is 9.67. The van der Waals surface area contributed by atoms with E-state index in [9.17, 15) is 9.18 Å². The molecule has 10 heteroatoms. The molecule has 0 unspecified atom stereocenters. The molecule has 1 aliphatic heterocycles. The number of piperazine rings is 1. The fourth-order valence-electron chi connectivity index (χ4n) is 4.61. The zero-order chi connectivity index (χ0) is 27.9. The minimum absolute atomic E-state index is 0.266. The molecule has 9 nitrogen and oxygen atoms in total. The van der Waals surface area contributed by atoms with E-state index in [1.165, 1.54) is 18.5 Å². The van der Waals surface area contributed by atoms with Crippen LogP contribution in [0.25, 0.3) is 22.2 Å². The largest absolute Gasteiger partial charge is 0.491 e. The first-order valence-electron chi connectivity index (χ1n) is 13.2. The van der Waals surface area contributed by atoms with Gasteiger partial charge in [0.1, 0.15) is 29.4 Å². The van der Waals surface area contributed by atoms with E-state index in [-0.39, 0.29) is 11.6 Å². The lowest BCUT2D eigenvalue weighted by Crippen LogP contribution is -2.44. The molecule has 0 atom stereocenters. The molecule has 5 rings (SSSR count). The molecule has 1 amide bonds. The minimum Gasteiger partial charge on any atom is -0.491 e. The Morgan fingerprint density at radius 2 is 1.95 bits per heavy atom. The number of hydrogen-bond donors (Lipinski definition) is 2. The van der Waals surface area contributed by atoms with E-state index in [1.807, 2.05) is 12.1 Å². The third kappa shape index (κ3) is 6.59. The topological polar surface area (TPSA) is 95.5 Å². The van der Waals surface area contributed by atoms with Gasteiger partial charge in [0.25, 0.3) is 0 Å². The Labute approximate surface area is 232 Å². The summed E-state index contributed by atoms with van der Waals surface area (Å²) in [5.41, 5.74) is 2.74. The number of halogens is 1. The van der Waals surface area contributed by atoms with Crippen LogP contribution in [0.4, 0.5) is 21.6 Å².